The molecule has 1 amide bonds. The molecule has 1 aromatic carbocycles. The Labute approximate surface area is 135 Å². The van der Waals surface area contributed by atoms with Crippen LogP contribution in [0.15, 0.2) is 24.3 Å². The molecule has 124 valence electrons. The number of nitro groups is 1. The summed E-state index contributed by atoms with van der Waals surface area (Å²) < 4.78 is 5.31. The van der Waals surface area contributed by atoms with E-state index in [1.54, 1.807) is 12.1 Å². The van der Waals surface area contributed by atoms with Gasteiger partial charge in [-0.25, -0.2) is 0 Å². The first-order valence-electron chi connectivity index (χ1n) is 8.01. The van der Waals surface area contributed by atoms with E-state index in [1.165, 1.54) is 6.07 Å². The molecule has 2 aliphatic heterocycles. The quantitative estimate of drug-likeness (QED) is 0.626. The molecule has 0 N–H and O–H groups in total. The fraction of sp³-hybridized carbons (Fsp3) is 0.562. The van der Waals surface area contributed by atoms with Crippen LogP contribution in [0.1, 0.15) is 12.8 Å². The van der Waals surface area contributed by atoms with Crippen molar-refractivity contribution in [3.8, 4) is 0 Å². The molecule has 0 aromatic heterocycles. The molecule has 0 spiro atoms. The van der Waals surface area contributed by atoms with Gasteiger partial charge in [-0.3, -0.25) is 14.9 Å². The summed E-state index contributed by atoms with van der Waals surface area (Å²) in [7, 11) is 0. The average Bonchev–Trinajstić information content (AvgIpc) is 2.62. The van der Waals surface area contributed by atoms with Crippen molar-refractivity contribution >= 4 is 17.3 Å². The highest BCUT2D eigenvalue weighted by Gasteiger charge is 2.29. The number of non-ortho nitro benzene ring substituents is 1. The molecule has 23 heavy (non-hydrogen) atoms. The first kappa shape index (κ1) is 15.7. The zero-order valence-electron chi connectivity index (χ0n) is 13.0. The lowest BCUT2D eigenvalue weighted by atomic mass is 9.98. The van der Waals surface area contributed by atoms with Crippen molar-refractivity contribution < 1.29 is 14.5 Å². The molecule has 0 unspecified atom stereocenters. The van der Waals surface area contributed by atoms with Crippen molar-refractivity contribution in [2.45, 2.75) is 12.8 Å². The minimum absolute atomic E-state index is 0.0908. The van der Waals surface area contributed by atoms with Crippen molar-refractivity contribution in [3.63, 3.8) is 0 Å². The standard InChI is InChI=1S/C16H21N3O4/c20-16(13-4-10-23-11-5-13)18-8-6-17(7-9-18)14-2-1-3-15(12-14)19(21)22/h1-3,12-13H,4-11H2. The Bertz CT molecular complexity index is 578. The number of ether oxygens (including phenoxy) is 1. The lowest BCUT2D eigenvalue weighted by Crippen LogP contribution is -2.51. The van der Waals surface area contributed by atoms with Gasteiger partial charge in [-0.2, -0.15) is 0 Å². The first-order chi connectivity index (χ1) is 11.1. The summed E-state index contributed by atoms with van der Waals surface area (Å²) >= 11 is 0. The van der Waals surface area contributed by atoms with Crippen LogP contribution in [0.5, 0.6) is 0 Å². The van der Waals surface area contributed by atoms with E-state index in [1.807, 2.05) is 11.0 Å². The summed E-state index contributed by atoms with van der Waals surface area (Å²) in [6, 6.07) is 6.67. The van der Waals surface area contributed by atoms with Gasteiger partial charge in [0.2, 0.25) is 5.91 Å². The normalized spacial score (nSPS) is 19.7. The number of nitro benzene ring substituents is 1. The summed E-state index contributed by atoms with van der Waals surface area (Å²) in [5.41, 5.74) is 0.945. The van der Waals surface area contributed by atoms with Gasteiger partial charge in [-0.05, 0) is 18.9 Å². The van der Waals surface area contributed by atoms with E-state index in [2.05, 4.69) is 4.90 Å². The van der Waals surface area contributed by atoms with Crippen molar-refractivity contribution in [1.29, 1.82) is 0 Å². The highest BCUT2D eigenvalue weighted by atomic mass is 16.6. The van der Waals surface area contributed by atoms with Crippen molar-refractivity contribution in [2.75, 3.05) is 44.3 Å². The molecule has 3 rings (SSSR count). The van der Waals surface area contributed by atoms with Crippen molar-refractivity contribution in [1.82, 2.24) is 4.90 Å². The molecule has 0 radical (unpaired) electrons. The molecular weight excluding hydrogens is 298 g/mol. The highest BCUT2D eigenvalue weighted by Crippen LogP contribution is 2.23. The Morgan fingerprint density at radius 2 is 1.87 bits per heavy atom. The van der Waals surface area contributed by atoms with Gasteiger partial charge in [0, 0.05) is 63.1 Å². The van der Waals surface area contributed by atoms with Crippen LogP contribution in [0.25, 0.3) is 0 Å². The topological polar surface area (TPSA) is 75.9 Å². The molecule has 7 heteroatoms. The van der Waals surface area contributed by atoms with E-state index in [0.717, 1.165) is 18.5 Å². The fourth-order valence-electron chi connectivity index (χ4n) is 3.19. The zero-order chi connectivity index (χ0) is 16.2. The van der Waals surface area contributed by atoms with Gasteiger partial charge in [-0.15, -0.1) is 0 Å². The van der Waals surface area contributed by atoms with Crippen molar-refractivity contribution in [3.05, 3.63) is 34.4 Å². The predicted octanol–water partition coefficient (Wildman–Crippen LogP) is 1.67. The first-order valence-corrected chi connectivity index (χ1v) is 8.01. The lowest BCUT2D eigenvalue weighted by Gasteiger charge is -2.38. The second-order valence-electron chi connectivity index (χ2n) is 5.98. The monoisotopic (exact) mass is 319 g/mol. The van der Waals surface area contributed by atoms with Crippen LogP contribution < -0.4 is 4.90 Å². The third-order valence-corrected chi connectivity index (χ3v) is 4.57. The molecule has 0 atom stereocenters. The summed E-state index contributed by atoms with van der Waals surface area (Å²) in [6.45, 7) is 4.08. The summed E-state index contributed by atoms with van der Waals surface area (Å²) in [5.74, 6) is 0.320. The largest absolute Gasteiger partial charge is 0.381 e. The molecule has 2 saturated heterocycles. The van der Waals surface area contributed by atoms with Gasteiger partial charge < -0.3 is 14.5 Å². The Morgan fingerprint density at radius 1 is 1.17 bits per heavy atom. The van der Waals surface area contributed by atoms with Crippen LogP contribution in [0, 0.1) is 16.0 Å². The van der Waals surface area contributed by atoms with Crippen LogP contribution in [0.2, 0.25) is 0 Å². The van der Waals surface area contributed by atoms with E-state index >= 15 is 0 Å². The van der Waals surface area contributed by atoms with E-state index in [4.69, 9.17) is 4.74 Å². The molecular formula is C16H21N3O4. The van der Waals surface area contributed by atoms with Gasteiger partial charge in [0.25, 0.3) is 5.69 Å². The van der Waals surface area contributed by atoms with E-state index in [9.17, 15) is 14.9 Å². The molecule has 2 fully saturated rings. The summed E-state index contributed by atoms with van der Waals surface area (Å²) in [5, 5.41) is 10.9. The van der Waals surface area contributed by atoms with Gasteiger partial charge in [0.1, 0.15) is 0 Å². The number of anilines is 1. The van der Waals surface area contributed by atoms with Crippen LogP contribution in [-0.4, -0.2) is 55.1 Å². The number of benzene rings is 1. The van der Waals surface area contributed by atoms with Gasteiger partial charge >= 0.3 is 0 Å². The third-order valence-electron chi connectivity index (χ3n) is 4.57. The third kappa shape index (κ3) is 3.61. The van der Waals surface area contributed by atoms with Crippen LogP contribution in [0.4, 0.5) is 11.4 Å². The number of carbonyl (C=O) groups is 1. The molecule has 0 saturated carbocycles. The van der Waals surface area contributed by atoms with Crippen LogP contribution in [0.3, 0.4) is 0 Å². The second kappa shape index (κ2) is 6.95. The number of hydrogen-bond acceptors (Lipinski definition) is 5. The Balaban J connectivity index is 1.58. The minimum Gasteiger partial charge on any atom is -0.381 e. The molecule has 2 heterocycles. The minimum atomic E-state index is -0.381. The number of piperazine rings is 1. The van der Waals surface area contributed by atoms with Gasteiger partial charge in [-0.1, -0.05) is 6.07 Å². The van der Waals surface area contributed by atoms with Crippen LogP contribution in [-0.2, 0) is 9.53 Å². The second-order valence-corrected chi connectivity index (χ2v) is 5.98. The van der Waals surface area contributed by atoms with Crippen LogP contribution >= 0.6 is 0 Å². The summed E-state index contributed by atoms with van der Waals surface area (Å²) in [6.07, 6.45) is 1.62. The van der Waals surface area contributed by atoms with E-state index in [0.29, 0.717) is 39.4 Å². The fourth-order valence-corrected chi connectivity index (χ4v) is 3.19. The lowest BCUT2D eigenvalue weighted by molar-refractivity contribution is -0.384. The Hall–Kier alpha value is -2.15. The molecule has 2 aliphatic rings. The smallest absolute Gasteiger partial charge is 0.271 e. The van der Waals surface area contributed by atoms with E-state index < -0.39 is 0 Å². The SMILES string of the molecule is O=C(C1CCOCC1)N1CCN(c2cccc([N+](=O)[O-])c2)CC1. The van der Waals surface area contributed by atoms with Gasteiger partial charge in [0.15, 0.2) is 0 Å². The maximum atomic E-state index is 12.5. The number of nitrogens with zero attached hydrogens (tertiary/aromatic N) is 3. The van der Waals surface area contributed by atoms with E-state index in [-0.39, 0.29) is 22.4 Å². The van der Waals surface area contributed by atoms with Crippen molar-refractivity contribution in [2.24, 2.45) is 5.92 Å². The molecule has 0 bridgehead atoms. The van der Waals surface area contributed by atoms with Gasteiger partial charge in [0.05, 0.1) is 4.92 Å². The number of hydrogen-bond donors (Lipinski definition) is 0. The maximum Gasteiger partial charge on any atom is 0.271 e. The predicted molar refractivity (Wildman–Crippen MR) is 85.4 cm³/mol. The molecule has 1 aromatic rings. The summed E-state index contributed by atoms with van der Waals surface area (Å²) in [4.78, 5) is 27.0. The zero-order valence-corrected chi connectivity index (χ0v) is 13.0. The Kier molecular flexibility index (Phi) is 4.76. The number of amides is 1. The Morgan fingerprint density at radius 3 is 2.52 bits per heavy atom. The number of rotatable bonds is 3. The molecule has 0 aliphatic carbocycles. The highest BCUT2D eigenvalue weighted by molar-refractivity contribution is 5.79. The maximum absolute atomic E-state index is 12.5. The molecule has 7 nitrogen and oxygen atoms in total. The number of carbonyl (C=O) groups excluding carboxylic acids is 1. The average molecular weight is 319 g/mol.